The molecule has 0 atom stereocenters. The Labute approximate surface area is 97.6 Å². The highest BCUT2D eigenvalue weighted by Gasteiger charge is 2.17. The van der Waals surface area contributed by atoms with Crippen molar-refractivity contribution in [3.8, 4) is 0 Å². The maximum absolute atomic E-state index is 11.8. The summed E-state index contributed by atoms with van der Waals surface area (Å²) in [6.07, 6.45) is 3.05. The number of nitrogens with one attached hydrogen (secondary N) is 2. The molecule has 0 aromatic carbocycles. The molecule has 0 unspecified atom stereocenters. The van der Waals surface area contributed by atoms with E-state index >= 15 is 0 Å². The van der Waals surface area contributed by atoms with Gasteiger partial charge in [-0.3, -0.25) is 4.79 Å². The number of aryl methyl sites for hydroxylation is 2. The zero-order chi connectivity index (χ0) is 12.3. The molecule has 0 aliphatic carbocycles. The Balaban J connectivity index is 2.13. The predicted octanol–water partition coefficient (Wildman–Crippen LogP) is 1.31. The molecule has 2 heterocycles. The molecule has 1 amide bonds. The van der Waals surface area contributed by atoms with Gasteiger partial charge in [-0.1, -0.05) is 6.92 Å². The minimum atomic E-state index is -0.369. The average molecular weight is 235 g/mol. The van der Waals surface area contributed by atoms with Gasteiger partial charge in [-0.15, -0.1) is 5.10 Å². The number of nitrogens with zero attached hydrogens (tertiary/aromatic N) is 3. The van der Waals surface area contributed by atoms with Crippen LogP contribution in [0.2, 0.25) is 0 Å². The second-order valence-corrected chi connectivity index (χ2v) is 3.58. The van der Waals surface area contributed by atoms with Crippen molar-refractivity contribution >= 4 is 11.7 Å². The van der Waals surface area contributed by atoms with Crippen molar-refractivity contribution in [1.82, 2.24) is 20.4 Å². The van der Waals surface area contributed by atoms with Gasteiger partial charge in [-0.25, -0.2) is 4.98 Å². The highest BCUT2D eigenvalue weighted by molar-refractivity contribution is 6.02. The zero-order valence-electron chi connectivity index (χ0n) is 9.65. The lowest BCUT2D eigenvalue weighted by atomic mass is 10.3. The van der Waals surface area contributed by atoms with Crippen LogP contribution in [0.1, 0.15) is 35.5 Å². The van der Waals surface area contributed by atoms with Crippen LogP contribution in [-0.2, 0) is 6.42 Å². The van der Waals surface area contributed by atoms with Crippen LogP contribution in [0.15, 0.2) is 10.6 Å². The average Bonchev–Trinajstić information content (AvgIpc) is 2.88. The van der Waals surface area contributed by atoms with Crippen LogP contribution in [-0.4, -0.2) is 26.3 Å². The van der Waals surface area contributed by atoms with Gasteiger partial charge >= 0.3 is 0 Å². The highest BCUT2D eigenvalue weighted by atomic mass is 16.4. The van der Waals surface area contributed by atoms with Gasteiger partial charge in [0.15, 0.2) is 11.7 Å². The quantitative estimate of drug-likeness (QED) is 0.832. The summed E-state index contributed by atoms with van der Waals surface area (Å²) < 4.78 is 5.38. The van der Waals surface area contributed by atoms with E-state index in [1.807, 2.05) is 6.92 Å². The monoisotopic (exact) mass is 235 g/mol. The molecule has 0 bridgehead atoms. The normalized spacial score (nSPS) is 10.5. The van der Waals surface area contributed by atoms with Gasteiger partial charge in [-0.2, -0.15) is 10.3 Å². The fraction of sp³-hybridized carbons (Fsp3) is 0.400. The van der Waals surface area contributed by atoms with Crippen LogP contribution in [0.4, 0.5) is 5.82 Å². The van der Waals surface area contributed by atoms with E-state index in [-0.39, 0.29) is 11.7 Å². The van der Waals surface area contributed by atoms with E-state index in [0.717, 1.165) is 12.8 Å². The van der Waals surface area contributed by atoms with E-state index in [4.69, 9.17) is 4.42 Å². The number of amides is 1. The van der Waals surface area contributed by atoms with Crippen LogP contribution < -0.4 is 5.32 Å². The van der Waals surface area contributed by atoms with Gasteiger partial charge in [0, 0.05) is 6.42 Å². The summed E-state index contributed by atoms with van der Waals surface area (Å²) in [5, 5.41) is 12.3. The van der Waals surface area contributed by atoms with Crippen molar-refractivity contribution in [3.05, 3.63) is 23.5 Å². The topological polar surface area (TPSA) is 96.7 Å². The lowest BCUT2D eigenvalue weighted by Crippen LogP contribution is -2.12. The van der Waals surface area contributed by atoms with E-state index in [2.05, 4.69) is 25.7 Å². The Morgan fingerprint density at radius 3 is 3.06 bits per heavy atom. The number of hydrogen-bond acceptors (Lipinski definition) is 5. The molecule has 17 heavy (non-hydrogen) atoms. The highest BCUT2D eigenvalue weighted by Crippen LogP contribution is 2.13. The Morgan fingerprint density at radius 1 is 1.59 bits per heavy atom. The molecule has 2 aromatic rings. The van der Waals surface area contributed by atoms with E-state index in [9.17, 15) is 4.79 Å². The van der Waals surface area contributed by atoms with Gasteiger partial charge in [0.05, 0.1) is 11.9 Å². The minimum absolute atomic E-state index is 0.219. The summed E-state index contributed by atoms with van der Waals surface area (Å²) in [7, 11) is 0. The summed E-state index contributed by atoms with van der Waals surface area (Å²) >= 11 is 0. The molecule has 7 nitrogen and oxygen atoms in total. The SMILES string of the molecule is CCCc1nc(C)c(C(=O)Nc2cn[nH]n2)o1. The molecular weight excluding hydrogens is 222 g/mol. The Kier molecular flexibility index (Phi) is 3.17. The number of carbonyl (C=O) groups is 1. The molecule has 0 aliphatic rings. The minimum Gasteiger partial charge on any atom is -0.435 e. The number of H-pyrrole nitrogens is 1. The van der Waals surface area contributed by atoms with E-state index < -0.39 is 0 Å². The molecule has 0 radical (unpaired) electrons. The lowest BCUT2D eigenvalue weighted by Gasteiger charge is -1.97. The van der Waals surface area contributed by atoms with Crippen LogP contribution in [0.5, 0.6) is 0 Å². The predicted molar refractivity (Wildman–Crippen MR) is 59.6 cm³/mol. The number of oxazole rings is 1. The maximum atomic E-state index is 11.8. The number of aromatic amines is 1. The van der Waals surface area contributed by atoms with Crippen LogP contribution in [0.3, 0.4) is 0 Å². The van der Waals surface area contributed by atoms with Crippen LogP contribution in [0.25, 0.3) is 0 Å². The first kappa shape index (κ1) is 11.3. The number of anilines is 1. The fourth-order valence-electron chi connectivity index (χ4n) is 1.42. The fourth-order valence-corrected chi connectivity index (χ4v) is 1.42. The van der Waals surface area contributed by atoms with E-state index in [1.54, 1.807) is 6.92 Å². The third-order valence-electron chi connectivity index (χ3n) is 2.17. The molecule has 2 N–H and O–H groups in total. The molecule has 0 aliphatic heterocycles. The summed E-state index contributed by atoms with van der Waals surface area (Å²) in [5.74, 6) is 0.779. The van der Waals surface area contributed by atoms with E-state index in [0.29, 0.717) is 17.4 Å². The van der Waals surface area contributed by atoms with Gasteiger partial charge in [0.1, 0.15) is 0 Å². The molecule has 0 fully saturated rings. The Morgan fingerprint density at radius 2 is 2.41 bits per heavy atom. The van der Waals surface area contributed by atoms with Crippen molar-refractivity contribution in [2.45, 2.75) is 26.7 Å². The molecule has 2 rings (SSSR count). The van der Waals surface area contributed by atoms with Crippen molar-refractivity contribution in [2.24, 2.45) is 0 Å². The lowest BCUT2D eigenvalue weighted by molar-refractivity contribution is 0.0993. The number of aromatic nitrogens is 4. The second kappa shape index (κ2) is 4.77. The van der Waals surface area contributed by atoms with Crippen LogP contribution in [0, 0.1) is 6.92 Å². The summed E-state index contributed by atoms with van der Waals surface area (Å²) in [6, 6.07) is 0. The number of rotatable bonds is 4. The molecule has 90 valence electrons. The Hall–Kier alpha value is -2.18. The first-order valence-electron chi connectivity index (χ1n) is 5.34. The molecule has 0 saturated heterocycles. The molecule has 7 heteroatoms. The zero-order valence-corrected chi connectivity index (χ0v) is 9.65. The van der Waals surface area contributed by atoms with Gasteiger partial charge in [-0.05, 0) is 13.3 Å². The summed E-state index contributed by atoms with van der Waals surface area (Å²) in [5.41, 5.74) is 0.578. The van der Waals surface area contributed by atoms with Gasteiger partial charge in [0.2, 0.25) is 5.76 Å². The van der Waals surface area contributed by atoms with Crippen LogP contribution >= 0.6 is 0 Å². The summed E-state index contributed by atoms with van der Waals surface area (Å²) in [6.45, 7) is 3.76. The van der Waals surface area contributed by atoms with Gasteiger partial charge < -0.3 is 9.73 Å². The van der Waals surface area contributed by atoms with E-state index in [1.165, 1.54) is 6.20 Å². The maximum Gasteiger partial charge on any atom is 0.294 e. The molecule has 2 aromatic heterocycles. The largest absolute Gasteiger partial charge is 0.435 e. The third kappa shape index (κ3) is 2.49. The number of carbonyl (C=O) groups excluding carboxylic acids is 1. The van der Waals surface area contributed by atoms with Crippen molar-refractivity contribution in [2.75, 3.05) is 5.32 Å². The molecule has 0 saturated carbocycles. The first-order chi connectivity index (χ1) is 8.20. The molecular formula is C10H13N5O2. The van der Waals surface area contributed by atoms with Crippen molar-refractivity contribution in [1.29, 1.82) is 0 Å². The standard InChI is InChI=1S/C10H13N5O2/c1-3-4-8-12-6(2)9(17-8)10(16)13-7-5-11-15-14-7/h5H,3-4H2,1-2H3,(H2,11,13,14,15,16). The van der Waals surface area contributed by atoms with Gasteiger partial charge in [0.25, 0.3) is 5.91 Å². The summed E-state index contributed by atoms with van der Waals surface area (Å²) in [4.78, 5) is 16.0. The second-order valence-electron chi connectivity index (χ2n) is 3.58. The number of hydrogen-bond donors (Lipinski definition) is 2. The van der Waals surface area contributed by atoms with Crippen molar-refractivity contribution in [3.63, 3.8) is 0 Å². The Bertz CT molecular complexity index is 503. The molecule has 0 spiro atoms. The van der Waals surface area contributed by atoms with Crippen molar-refractivity contribution < 1.29 is 9.21 Å². The smallest absolute Gasteiger partial charge is 0.294 e. The third-order valence-corrected chi connectivity index (χ3v) is 2.17. The first-order valence-corrected chi connectivity index (χ1v) is 5.34.